The topological polar surface area (TPSA) is 58.8 Å². The molecule has 0 unspecified atom stereocenters. The lowest BCUT2D eigenvalue weighted by molar-refractivity contribution is 0.0666. The van der Waals surface area contributed by atoms with E-state index in [2.05, 4.69) is 5.16 Å². The number of aromatic nitrogens is 1. The number of morpholine rings is 1. The first-order valence-corrected chi connectivity index (χ1v) is 11.1. The van der Waals surface area contributed by atoms with Gasteiger partial charge in [0.2, 0.25) is 5.88 Å². The van der Waals surface area contributed by atoms with Crippen LogP contribution in [0.4, 0.5) is 14.7 Å². The molecular formula is C25H27F2N3O3. The highest BCUT2D eigenvalue weighted by molar-refractivity contribution is 5.94. The van der Waals surface area contributed by atoms with Gasteiger partial charge in [-0.05, 0) is 49.7 Å². The van der Waals surface area contributed by atoms with Gasteiger partial charge < -0.3 is 19.1 Å². The number of carbonyl (C=O) groups excluding carboxylic acids is 1. The minimum absolute atomic E-state index is 0.0190. The Bertz CT molecular complexity index is 1090. The lowest BCUT2D eigenvalue weighted by atomic mass is 10.0. The average molecular weight is 456 g/mol. The molecular weight excluding hydrogens is 428 g/mol. The van der Waals surface area contributed by atoms with Crippen LogP contribution in [-0.4, -0.2) is 48.3 Å². The molecule has 0 saturated carbocycles. The summed E-state index contributed by atoms with van der Waals surface area (Å²) >= 11 is 0. The minimum Gasteiger partial charge on any atom is -0.378 e. The van der Waals surface area contributed by atoms with Crippen molar-refractivity contribution in [3.63, 3.8) is 0 Å². The molecule has 0 bridgehead atoms. The zero-order chi connectivity index (χ0) is 23.4. The van der Waals surface area contributed by atoms with Crippen molar-refractivity contribution >= 4 is 11.8 Å². The van der Waals surface area contributed by atoms with E-state index in [1.807, 2.05) is 18.7 Å². The first-order valence-electron chi connectivity index (χ1n) is 11.1. The van der Waals surface area contributed by atoms with Crippen LogP contribution in [0.1, 0.15) is 36.2 Å². The van der Waals surface area contributed by atoms with Gasteiger partial charge in [0.05, 0.1) is 30.9 Å². The number of benzene rings is 2. The third-order valence-electron chi connectivity index (χ3n) is 6.00. The quantitative estimate of drug-likeness (QED) is 0.507. The van der Waals surface area contributed by atoms with Crippen molar-refractivity contribution < 1.29 is 22.8 Å². The molecule has 1 fully saturated rings. The molecule has 6 nitrogen and oxygen atoms in total. The second kappa shape index (κ2) is 10.1. The molecule has 2 heterocycles. The summed E-state index contributed by atoms with van der Waals surface area (Å²) in [6, 6.07) is 11.8. The molecule has 1 atom stereocenters. The summed E-state index contributed by atoms with van der Waals surface area (Å²) in [6.45, 7) is 6.42. The normalized spacial score (nSPS) is 14.8. The van der Waals surface area contributed by atoms with E-state index in [1.165, 1.54) is 24.3 Å². The van der Waals surface area contributed by atoms with Gasteiger partial charge in [0.15, 0.2) is 0 Å². The Morgan fingerprint density at radius 2 is 1.82 bits per heavy atom. The molecule has 8 heteroatoms. The van der Waals surface area contributed by atoms with E-state index >= 15 is 0 Å². The molecule has 174 valence electrons. The fraction of sp³-hybridized carbons (Fsp3) is 0.360. The van der Waals surface area contributed by atoms with Crippen molar-refractivity contribution in [2.24, 2.45) is 0 Å². The smallest absolute Gasteiger partial charge is 0.257 e. The zero-order valence-corrected chi connectivity index (χ0v) is 18.8. The Hall–Kier alpha value is -3.26. The standard InChI is InChI=1S/C25H27F2N3O3/c1-3-17(2)30(24(31)20-6-4-5-7-22(20)27)16-21-23(18-8-10-19(26)11-9-18)28-33-25(21)29-12-14-32-15-13-29/h4-11,17H,3,12-16H2,1-2H3/t17-/m0/s1. The number of nitrogens with zero attached hydrogens (tertiary/aromatic N) is 3. The lowest BCUT2D eigenvalue weighted by Crippen LogP contribution is -2.40. The monoisotopic (exact) mass is 455 g/mol. The van der Waals surface area contributed by atoms with Crippen LogP contribution in [-0.2, 0) is 11.3 Å². The largest absolute Gasteiger partial charge is 0.378 e. The maximum Gasteiger partial charge on any atom is 0.257 e. The van der Waals surface area contributed by atoms with Gasteiger partial charge in [-0.25, -0.2) is 8.78 Å². The highest BCUT2D eigenvalue weighted by Crippen LogP contribution is 2.34. The fourth-order valence-electron chi connectivity index (χ4n) is 3.90. The van der Waals surface area contributed by atoms with Gasteiger partial charge in [-0.1, -0.05) is 24.2 Å². The van der Waals surface area contributed by atoms with Crippen molar-refractivity contribution in [2.45, 2.75) is 32.9 Å². The SMILES string of the molecule is CC[C@H](C)N(Cc1c(-c2ccc(F)cc2)noc1N1CCOCC1)C(=O)c1ccccc1F. The Morgan fingerprint density at radius 1 is 1.12 bits per heavy atom. The molecule has 1 aromatic heterocycles. The molecule has 0 aliphatic carbocycles. The first-order chi connectivity index (χ1) is 16.0. The van der Waals surface area contributed by atoms with Crippen LogP contribution in [0.15, 0.2) is 53.1 Å². The van der Waals surface area contributed by atoms with Crippen LogP contribution in [0, 0.1) is 11.6 Å². The first kappa shape index (κ1) is 22.9. The van der Waals surface area contributed by atoms with Gasteiger partial charge in [0.25, 0.3) is 5.91 Å². The Kier molecular flexibility index (Phi) is 7.03. The highest BCUT2D eigenvalue weighted by atomic mass is 19.1. The average Bonchev–Trinajstić information content (AvgIpc) is 3.26. The maximum absolute atomic E-state index is 14.5. The summed E-state index contributed by atoms with van der Waals surface area (Å²) in [6.07, 6.45) is 0.685. The van der Waals surface area contributed by atoms with Gasteiger partial charge in [-0.3, -0.25) is 4.79 Å². The van der Waals surface area contributed by atoms with Crippen molar-refractivity contribution in [1.82, 2.24) is 10.1 Å². The molecule has 33 heavy (non-hydrogen) atoms. The van der Waals surface area contributed by atoms with Crippen LogP contribution in [0.5, 0.6) is 0 Å². The number of amides is 1. The van der Waals surface area contributed by atoms with E-state index in [1.54, 1.807) is 29.2 Å². The summed E-state index contributed by atoms with van der Waals surface area (Å²) in [5, 5.41) is 4.29. The van der Waals surface area contributed by atoms with Gasteiger partial charge in [-0.2, -0.15) is 0 Å². The zero-order valence-electron chi connectivity index (χ0n) is 18.8. The molecule has 0 radical (unpaired) electrons. The van der Waals surface area contributed by atoms with E-state index in [-0.39, 0.29) is 24.0 Å². The van der Waals surface area contributed by atoms with Crippen molar-refractivity contribution in [3.8, 4) is 11.3 Å². The predicted molar refractivity (Wildman–Crippen MR) is 121 cm³/mol. The van der Waals surface area contributed by atoms with Crippen LogP contribution in [0.25, 0.3) is 11.3 Å². The number of halogens is 2. The predicted octanol–water partition coefficient (Wildman–Crippen LogP) is 4.90. The summed E-state index contributed by atoms with van der Waals surface area (Å²) < 4.78 is 39.2. The molecule has 0 N–H and O–H groups in total. The lowest BCUT2D eigenvalue weighted by Gasteiger charge is -2.31. The second-order valence-electron chi connectivity index (χ2n) is 8.09. The summed E-state index contributed by atoms with van der Waals surface area (Å²) in [7, 11) is 0. The van der Waals surface area contributed by atoms with E-state index in [9.17, 15) is 13.6 Å². The third kappa shape index (κ3) is 4.90. The summed E-state index contributed by atoms with van der Waals surface area (Å²) in [5.74, 6) is -0.768. The number of rotatable bonds is 7. The van der Waals surface area contributed by atoms with Gasteiger partial charge in [0.1, 0.15) is 17.3 Å². The van der Waals surface area contributed by atoms with Crippen molar-refractivity contribution in [2.75, 3.05) is 31.2 Å². The van der Waals surface area contributed by atoms with Crippen LogP contribution in [0.3, 0.4) is 0 Å². The Balaban J connectivity index is 1.76. The number of carbonyl (C=O) groups is 1. The number of hydrogen-bond donors (Lipinski definition) is 0. The highest BCUT2D eigenvalue weighted by Gasteiger charge is 2.30. The molecule has 4 rings (SSSR count). The number of hydrogen-bond acceptors (Lipinski definition) is 5. The van der Waals surface area contributed by atoms with Gasteiger partial charge in [-0.15, -0.1) is 0 Å². The molecule has 1 aliphatic rings. The van der Waals surface area contributed by atoms with E-state index in [0.29, 0.717) is 55.4 Å². The maximum atomic E-state index is 14.5. The van der Waals surface area contributed by atoms with Crippen LogP contribution in [0.2, 0.25) is 0 Å². The number of anilines is 1. The van der Waals surface area contributed by atoms with Gasteiger partial charge in [0, 0.05) is 24.7 Å². The molecule has 0 spiro atoms. The Labute approximate surface area is 191 Å². The number of ether oxygens (including phenoxy) is 1. The minimum atomic E-state index is -0.562. The fourth-order valence-corrected chi connectivity index (χ4v) is 3.90. The molecule has 2 aromatic carbocycles. The van der Waals surface area contributed by atoms with E-state index in [0.717, 1.165) is 0 Å². The van der Waals surface area contributed by atoms with Crippen molar-refractivity contribution in [1.29, 1.82) is 0 Å². The van der Waals surface area contributed by atoms with E-state index in [4.69, 9.17) is 9.26 Å². The molecule has 1 saturated heterocycles. The second-order valence-corrected chi connectivity index (χ2v) is 8.09. The third-order valence-corrected chi connectivity index (χ3v) is 6.00. The Morgan fingerprint density at radius 3 is 2.48 bits per heavy atom. The summed E-state index contributed by atoms with van der Waals surface area (Å²) in [5.41, 5.74) is 1.93. The van der Waals surface area contributed by atoms with Crippen LogP contribution >= 0.6 is 0 Å². The van der Waals surface area contributed by atoms with Crippen molar-refractivity contribution in [3.05, 3.63) is 71.3 Å². The molecule has 3 aromatic rings. The molecule has 1 aliphatic heterocycles. The van der Waals surface area contributed by atoms with Gasteiger partial charge >= 0.3 is 0 Å². The van der Waals surface area contributed by atoms with Crippen LogP contribution < -0.4 is 4.90 Å². The summed E-state index contributed by atoms with van der Waals surface area (Å²) in [4.78, 5) is 17.1. The molecule has 1 amide bonds. The van der Waals surface area contributed by atoms with E-state index < -0.39 is 11.7 Å².